The fourth-order valence-corrected chi connectivity index (χ4v) is 5.80. The van der Waals surface area contributed by atoms with Gasteiger partial charge < -0.3 is 5.32 Å². The normalized spacial score (nSPS) is 18.6. The van der Waals surface area contributed by atoms with Gasteiger partial charge in [0.2, 0.25) is 0 Å². The fourth-order valence-electron chi connectivity index (χ4n) is 3.00. The van der Waals surface area contributed by atoms with E-state index in [0.717, 1.165) is 11.1 Å². The van der Waals surface area contributed by atoms with Gasteiger partial charge in [-0.25, -0.2) is 16.8 Å². The molecule has 1 aliphatic heterocycles. The molecular weight excluding hydrogens is 400 g/mol. The van der Waals surface area contributed by atoms with Crippen LogP contribution in [0.4, 0.5) is 5.69 Å². The van der Waals surface area contributed by atoms with E-state index >= 15 is 0 Å². The Morgan fingerprint density at radius 2 is 1.82 bits per heavy atom. The van der Waals surface area contributed by atoms with Crippen molar-refractivity contribution >= 4 is 31.5 Å². The molecule has 0 unspecified atom stereocenters. The lowest BCUT2D eigenvalue weighted by Gasteiger charge is -2.13. The van der Waals surface area contributed by atoms with E-state index in [0.29, 0.717) is 6.42 Å². The van der Waals surface area contributed by atoms with Crippen molar-refractivity contribution in [1.82, 2.24) is 5.32 Å². The van der Waals surface area contributed by atoms with E-state index in [1.54, 1.807) is 30.3 Å². The highest BCUT2D eigenvalue weighted by Crippen LogP contribution is 2.20. The summed E-state index contributed by atoms with van der Waals surface area (Å²) in [5.74, 6) is -0.444. The molecule has 2 aromatic rings. The highest BCUT2D eigenvalue weighted by molar-refractivity contribution is 7.92. The Morgan fingerprint density at radius 1 is 1.07 bits per heavy atom. The summed E-state index contributed by atoms with van der Waals surface area (Å²) in [5.41, 5.74) is 2.36. The zero-order valence-corrected chi connectivity index (χ0v) is 17.2. The van der Waals surface area contributed by atoms with Gasteiger partial charge in [0.1, 0.15) is 0 Å². The molecule has 1 amide bonds. The summed E-state index contributed by atoms with van der Waals surface area (Å²) in [6.45, 7) is 3.74. The maximum Gasteiger partial charge on any atom is 0.261 e. The Kier molecular flexibility index (Phi) is 5.49. The zero-order chi connectivity index (χ0) is 20.5. The Labute approximate surface area is 165 Å². The SMILES string of the molecule is Cc1ccc(S(=O)(=O)Nc2cccc(C(=O)N[C@H]3CCS(=O)(=O)C3)c2)cc1C. The molecule has 0 bridgehead atoms. The first-order chi connectivity index (χ1) is 13.1. The van der Waals surface area contributed by atoms with E-state index in [-0.39, 0.29) is 27.7 Å². The number of aryl methyl sites for hydroxylation is 2. The standard InChI is InChI=1S/C19H22N2O5S2/c1-13-6-7-18(10-14(13)2)28(25,26)21-16-5-3-4-15(11-16)19(22)20-17-8-9-27(23,24)12-17/h3-7,10-11,17,21H,8-9,12H2,1-2H3,(H,20,22)/t17-/m0/s1. The van der Waals surface area contributed by atoms with Crippen LogP contribution in [0.15, 0.2) is 47.4 Å². The predicted octanol–water partition coefficient (Wildman–Crippen LogP) is 2.02. The van der Waals surface area contributed by atoms with Crippen molar-refractivity contribution in [2.24, 2.45) is 0 Å². The van der Waals surface area contributed by atoms with Crippen molar-refractivity contribution in [2.75, 3.05) is 16.2 Å². The summed E-state index contributed by atoms with van der Waals surface area (Å²) < 4.78 is 50.8. The number of benzene rings is 2. The van der Waals surface area contributed by atoms with Crippen molar-refractivity contribution in [3.05, 3.63) is 59.2 Å². The third kappa shape index (κ3) is 4.71. The van der Waals surface area contributed by atoms with Gasteiger partial charge >= 0.3 is 0 Å². The molecule has 0 radical (unpaired) electrons. The van der Waals surface area contributed by atoms with Crippen LogP contribution in [0.3, 0.4) is 0 Å². The lowest BCUT2D eigenvalue weighted by atomic mass is 10.1. The molecule has 1 heterocycles. The summed E-state index contributed by atoms with van der Waals surface area (Å²) >= 11 is 0. The molecule has 7 nitrogen and oxygen atoms in total. The Hall–Kier alpha value is -2.39. The minimum absolute atomic E-state index is 0.0632. The molecule has 1 atom stereocenters. The number of sulfonamides is 1. The van der Waals surface area contributed by atoms with Gasteiger partial charge in [-0.15, -0.1) is 0 Å². The number of amides is 1. The summed E-state index contributed by atoms with van der Waals surface area (Å²) in [5, 5.41) is 2.69. The molecule has 1 aliphatic rings. The summed E-state index contributed by atoms with van der Waals surface area (Å²) in [7, 11) is -6.89. The molecule has 2 aromatic carbocycles. The van der Waals surface area contributed by atoms with Crippen LogP contribution in [0.1, 0.15) is 27.9 Å². The Morgan fingerprint density at radius 3 is 2.46 bits per heavy atom. The fraction of sp³-hybridized carbons (Fsp3) is 0.316. The molecule has 0 aliphatic carbocycles. The molecule has 0 spiro atoms. The first-order valence-electron chi connectivity index (χ1n) is 8.77. The predicted molar refractivity (Wildman–Crippen MR) is 108 cm³/mol. The number of carbonyl (C=O) groups is 1. The Bertz CT molecular complexity index is 1120. The van der Waals surface area contributed by atoms with E-state index in [9.17, 15) is 21.6 Å². The van der Waals surface area contributed by atoms with Gasteiger partial charge in [0.15, 0.2) is 9.84 Å². The number of hydrogen-bond donors (Lipinski definition) is 2. The number of carbonyl (C=O) groups excluding carboxylic acids is 1. The van der Waals surface area contributed by atoms with Crippen molar-refractivity contribution < 1.29 is 21.6 Å². The van der Waals surface area contributed by atoms with Gasteiger partial charge in [-0.3, -0.25) is 9.52 Å². The van der Waals surface area contributed by atoms with Crippen molar-refractivity contribution in [3.8, 4) is 0 Å². The monoisotopic (exact) mass is 422 g/mol. The van der Waals surface area contributed by atoms with E-state index in [1.165, 1.54) is 12.1 Å². The second-order valence-electron chi connectivity index (χ2n) is 7.01. The van der Waals surface area contributed by atoms with Crippen LogP contribution in [-0.4, -0.2) is 40.3 Å². The van der Waals surface area contributed by atoms with E-state index < -0.39 is 31.8 Å². The van der Waals surface area contributed by atoms with Crippen LogP contribution < -0.4 is 10.0 Å². The summed E-state index contributed by atoms with van der Waals surface area (Å²) in [6.07, 6.45) is 0.382. The molecule has 0 saturated carbocycles. The molecule has 0 aromatic heterocycles. The van der Waals surface area contributed by atoms with Crippen LogP contribution in [0.5, 0.6) is 0 Å². The number of anilines is 1. The van der Waals surface area contributed by atoms with Crippen LogP contribution >= 0.6 is 0 Å². The minimum atomic E-state index is -3.79. The third-order valence-electron chi connectivity index (χ3n) is 4.73. The van der Waals surface area contributed by atoms with Crippen molar-refractivity contribution in [3.63, 3.8) is 0 Å². The second-order valence-corrected chi connectivity index (χ2v) is 10.9. The molecule has 28 heavy (non-hydrogen) atoms. The number of sulfone groups is 1. The van der Waals surface area contributed by atoms with Gasteiger partial charge in [0.25, 0.3) is 15.9 Å². The van der Waals surface area contributed by atoms with E-state index in [1.807, 2.05) is 13.8 Å². The maximum absolute atomic E-state index is 12.6. The molecule has 9 heteroatoms. The van der Waals surface area contributed by atoms with Crippen LogP contribution in [0.2, 0.25) is 0 Å². The smallest absolute Gasteiger partial charge is 0.261 e. The maximum atomic E-state index is 12.6. The number of nitrogens with one attached hydrogen (secondary N) is 2. The first-order valence-corrected chi connectivity index (χ1v) is 12.1. The molecule has 2 N–H and O–H groups in total. The average molecular weight is 423 g/mol. The molecular formula is C19H22N2O5S2. The highest BCUT2D eigenvalue weighted by Gasteiger charge is 2.29. The first kappa shape index (κ1) is 20.3. The quantitative estimate of drug-likeness (QED) is 0.766. The van der Waals surface area contributed by atoms with Gasteiger partial charge in [0, 0.05) is 17.3 Å². The lowest BCUT2D eigenvalue weighted by Crippen LogP contribution is -2.35. The zero-order valence-electron chi connectivity index (χ0n) is 15.6. The summed E-state index contributed by atoms with van der Waals surface area (Å²) in [4.78, 5) is 12.5. The molecule has 150 valence electrons. The van der Waals surface area contributed by atoms with E-state index in [4.69, 9.17) is 0 Å². The van der Waals surface area contributed by atoms with Gasteiger partial charge in [0.05, 0.1) is 16.4 Å². The van der Waals surface area contributed by atoms with Gasteiger partial charge in [-0.05, 0) is 61.7 Å². The van der Waals surface area contributed by atoms with Crippen LogP contribution in [0, 0.1) is 13.8 Å². The van der Waals surface area contributed by atoms with Crippen molar-refractivity contribution in [2.45, 2.75) is 31.2 Å². The highest BCUT2D eigenvalue weighted by atomic mass is 32.2. The summed E-state index contributed by atoms with van der Waals surface area (Å²) in [6, 6.07) is 10.5. The van der Waals surface area contributed by atoms with Crippen molar-refractivity contribution in [1.29, 1.82) is 0 Å². The lowest BCUT2D eigenvalue weighted by molar-refractivity contribution is 0.0941. The molecule has 1 saturated heterocycles. The average Bonchev–Trinajstić information content (AvgIpc) is 2.95. The van der Waals surface area contributed by atoms with E-state index in [2.05, 4.69) is 10.0 Å². The van der Waals surface area contributed by atoms with Gasteiger partial charge in [-0.2, -0.15) is 0 Å². The number of hydrogen-bond acceptors (Lipinski definition) is 5. The van der Waals surface area contributed by atoms with Gasteiger partial charge in [-0.1, -0.05) is 12.1 Å². The van der Waals surface area contributed by atoms with Crippen LogP contribution in [-0.2, 0) is 19.9 Å². The second kappa shape index (κ2) is 7.56. The Balaban J connectivity index is 1.75. The number of rotatable bonds is 5. The largest absolute Gasteiger partial charge is 0.348 e. The third-order valence-corrected chi connectivity index (χ3v) is 7.88. The molecule has 1 fully saturated rings. The minimum Gasteiger partial charge on any atom is -0.348 e. The topological polar surface area (TPSA) is 109 Å². The molecule has 3 rings (SSSR count). The van der Waals surface area contributed by atoms with Crippen LogP contribution in [0.25, 0.3) is 0 Å².